The summed E-state index contributed by atoms with van der Waals surface area (Å²) in [5.74, 6) is 1.21. The van der Waals surface area contributed by atoms with Crippen LogP contribution in [0, 0.1) is 0 Å². The zero-order valence-electron chi connectivity index (χ0n) is 8.49. The molecule has 1 aromatic carbocycles. The molecule has 0 aliphatic carbocycles. The van der Waals surface area contributed by atoms with Crippen LogP contribution in [0.2, 0.25) is 0 Å². The van der Waals surface area contributed by atoms with Crippen LogP contribution in [0.15, 0.2) is 24.3 Å². The van der Waals surface area contributed by atoms with Gasteiger partial charge in [0, 0.05) is 6.42 Å². The fraction of sp³-hybridized carbons (Fsp3) is 0.364. The summed E-state index contributed by atoms with van der Waals surface area (Å²) in [5.41, 5.74) is 6.67. The Labute approximate surface area is 90.1 Å². The number of ether oxygens (including phenoxy) is 1. The van der Waals surface area contributed by atoms with Crippen molar-refractivity contribution in [1.82, 2.24) is 0 Å². The van der Waals surface area contributed by atoms with Gasteiger partial charge in [-0.25, -0.2) is 0 Å². The van der Waals surface area contributed by atoms with Gasteiger partial charge in [0.1, 0.15) is 5.75 Å². The minimum Gasteiger partial charge on any atom is -0.496 e. The van der Waals surface area contributed by atoms with Gasteiger partial charge in [0.05, 0.1) is 12.1 Å². The number of hydrogen-bond acceptors (Lipinski definition) is 2. The van der Waals surface area contributed by atoms with Crippen LogP contribution < -0.4 is 10.5 Å². The van der Waals surface area contributed by atoms with Crippen LogP contribution in [-0.4, -0.2) is 12.1 Å². The molecular formula is C11H15NOS. The number of benzene rings is 1. The van der Waals surface area contributed by atoms with Crippen molar-refractivity contribution >= 4 is 17.2 Å². The topological polar surface area (TPSA) is 35.2 Å². The second kappa shape index (κ2) is 4.96. The zero-order valence-corrected chi connectivity index (χ0v) is 9.30. The standard InChI is InChI=1S/C11H15NOS/c1-8(7-11(12)14)9-5-3-4-6-10(9)13-2/h3-6,8H,7H2,1-2H3,(H2,12,14). The molecule has 0 amide bonds. The molecule has 1 atom stereocenters. The van der Waals surface area contributed by atoms with E-state index < -0.39 is 0 Å². The highest BCUT2D eigenvalue weighted by molar-refractivity contribution is 7.80. The molecule has 0 fully saturated rings. The Morgan fingerprint density at radius 1 is 1.50 bits per heavy atom. The molecule has 76 valence electrons. The van der Waals surface area contributed by atoms with Gasteiger partial charge < -0.3 is 10.5 Å². The normalized spacial score (nSPS) is 12.1. The molecule has 1 aromatic rings. The number of methoxy groups -OCH3 is 1. The van der Waals surface area contributed by atoms with E-state index in [1.54, 1.807) is 7.11 Å². The van der Waals surface area contributed by atoms with Crippen LogP contribution in [-0.2, 0) is 0 Å². The number of thiocarbonyl (C=S) groups is 1. The molecule has 2 N–H and O–H groups in total. The Hall–Kier alpha value is -1.09. The fourth-order valence-electron chi connectivity index (χ4n) is 1.49. The smallest absolute Gasteiger partial charge is 0.122 e. The molecule has 0 saturated carbocycles. The van der Waals surface area contributed by atoms with E-state index in [9.17, 15) is 0 Å². The number of rotatable bonds is 4. The first-order valence-corrected chi connectivity index (χ1v) is 4.97. The monoisotopic (exact) mass is 209 g/mol. The maximum atomic E-state index is 5.51. The van der Waals surface area contributed by atoms with Crippen molar-refractivity contribution in [1.29, 1.82) is 0 Å². The lowest BCUT2D eigenvalue weighted by Gasteiger charge is -2.14. The third-order valence-corrected chi connectivity index (χ3v) is 2.34. The molecule has 0 aromatic heterocycles. The average Bonchev–Trinajstić information content (AvgIpc) is 2.16. The Morgan fingerprint density at radius 3 is 2.71 bits per heavy atom. The van der Waals surface area contributed by atoms with Crippen LogP contribution in [0.4, 0.5) is 0 Å². The molecule has 0 bridgehead atoms. The molecule has 0 radical (unpaired) electrons. The van der Waals surface area contributed by atoms with Crippen molar-refractivity contribution in [3.63, 3.8) is 0 Å². The highest BCUT2D eigenvalue weighted by Crippen LogP contribution is 2.28. The van der Waals surface area contributed by atoms with E-state index in [2.05, 4.69) is 6.92 Å². The lowest BCUT2D eigenvalue weighted by Crippen LogP contribution is -2.11. The summed E-state index contributed by atoms with van der Waals surface area (Å²) in [4.78, 5) is 0.545. The molecule has 1 rings (SSSR count). The quantitative estimate of drug-likeness (QED) is 0.774. The van der Waals surface area contributed by atoms with E-state index in [0.29, 0.717) is 10.9 Å². The average molecular weight is 209 g/mol. The van der Waals surface area contributed by atoms with Gasteiger partial charge in [-0.2, -0.15) is 0 Å². The predicted molar refractivity (Wildman–Crippen MR) is 62.8 cm³/mol. The first-order chi connectivity index (χ1) is 6.65. The molecule has 3 heteroatoms. The van der Waals surface area contributed by atoms with E-state index in [1.165, 1.54) is 0 Å². The van der Waals surface area contributed by atoms with E-state index in [0.717, 1.165) is 17.7 Å². The third-order valence-electron chi connectivity index (χ3n) is 2.18. The lowest BCUT2D eigenvalue weighted by atomic mass is 9.97. The van der Waals surface area contributed by atoms with Gasteiger partial charge in [-0.1, -0.05) is 37.3 Å². The van der Waals surface area contributed by atoms with Crippen LogP contribution in [0.3, 0.4) is 0 Å². The summed E-state index contributed by atoms with van der Waals surface area (Å²) in [6.07, 6.45) is 0.718. The van der Waals surface area contributed by atoms with Crippen LogP contribution in [0.25, 0.3) is 0 Å². The molecule has 2 nitrogen and oxygen atoms in total. The first-order valence-electron chi connectivity index (χ1n) is 4.56. The second-order valence-corrected chi connectivity index (χ2v) is 3.84. The molecule has 1 unspecified atom stereocenters. The van der Waals surface area contributed by atoms with Crippen molar-refractivity contribution in [3.8, 4) is 5.75 Å². The maximum Gasteiger partial charge on any atom is 0.122 e. The Balaban J connectivity index is 2.87. The largest absolute Gasteiger partial charge is 0.496 e. The van der Waals surface area contributed by atoms with Gasteiger partial charge in [-0.3, -0.25) is 0 Å². The van der Waals surface area contributed by atoms with Crippen molar-refractivity contribution < 1.29 is 4.74 Å². The van der Waals surface area contributed by atoms with Gasteiger partial charge in [0.15, 0.2) is 0 Å². The van der Waals surface area contributed by atoms with E-state index in [1.807, 2.05) is 24.3 Å². The first kappa shape index (κ1) is 11.0. The van der Waals surface area contributed by atoms with E-state index in [-0.39, 0.29) is 0 Å². The summed E-state index contributed by atoms with van der Waals surface area (Å²) in [7, 11) is 1.67. The highest BCUT2D eigenvalue weighted by atomic mass is 32.1. The molecular weight excluding hydrogens is 194 g/mol. The molecule has 0 spiro atoms. The highest BCUT2D eigenvalue weighted by Gasteiger charge is 2.11. The number of para-hydroxylation sites is 1. The number of hydrogen-bond donors (Lipinski definition) is 1. The van der Waals surface area contributed by atoms with Crippen molar-refractivity contribution in [2.24, 2.45) is 5.73 Å². The second-order valence-electron chi connectivity index (χ2n) is 3.31. The predicted octanol–water partition coefficient (Wildman–Crippen LogP) is 2.47. The van der Waals surface area contributed by atoms with Gasteiger partial charge in [-0.05, 0) is 17.5 Å². The summed E-state index contributed by atoms with van der Waals surface area (Å²) < 4.78 is 5.26. The Bertz CT molecular complexity index is 325. The Morgan fingerprint density at radius 2 is 2.14 bits per heavy atom. The fourth-order valence-corrected chi connectivity index (χ4v) is 1.74. The molecule has 0 heterocycles. The minimum absolute atomic E-state index is 0.309. The van der Waals surface area contributed by atoms with Gasteiger partial charge in [0.2, 0.25) is 0 Å². The Kier molecular flexibility index (Phi) is 3.89. The van der Waals surface area contributed by atoms with Crippen molar-refractivity contribution in [3.05, 3.63) is 29.8 Å². The van der Waals surface area contributed by atoms with Crippen LogP contribution in [0.5, 0.6) is 5.75 Å². The summed E-state index contributed by atoms with van der Waals surface area (Å²) in [6, 6.07) is 7.94. The SMILES string of the molecule is COc1ccccc1C(C)CC(N)=S. The van der Waals surface area contributed by atoms with Crippen LogP contribution in [0.1, 0.15) is 24.8 Å². The number of nitrogens with two attached hydrogens (primary N) is 1. The lowest BCUT2D eigenvalue weighted by molar-refractivity contribution is 0.407. The van der Waals surface area contributed by atoms with Gasteiger partial charge in [-0.15, -0.1) is 0 Å². The molecule has 14 heavy (non-hydrogen) atoms. The van der Waals surface area contributed by atoms with Gasteiger partial charge in [0.25, 0.3) is 0 Å². The third kappa shape index (κ3) is 2.70. The molecule has 0 aliphatic rings. The molecule has 0 aliphatic heterocycles. The van der Waals surface area contributed by atoms with Crippen molar-refractivity contribution in [2.75, 3.05) is 7.11 Å². The van der Waals surface area contributed by atoms with Crippen LogP contribution >= 0.6 is 12.2 Å². The summed E-state index contributed by atoms with van der Waals surface area (Å²) >= 11 is 4.89. The maximum absolute atomic E-state index is 5.51. The minimum atomic E-state index is 0.309. The summed E-state index contributed by atoms with van der Waals surface area (Å²) in [6.45, 7) is 2.09. The van der Waals surface area contributed by atoms with Gasteiger partial charge >= 0.3 is 0 Å². The van der Waals surface area contributed by atoms with E-state index in [4.69, 9.17) is 22.7 Å². The summed E-state index contributed by atoms with van der Waals surface area (Å²) in [5, 5.41) is 0. The molecule has 0 saturated heterocycles. The van der Waals surface area contributed by atoms with E-state index >= 15 is 0 Å². The zero-order chi connectivity index (χ0) is 10.6. The van der Waals surface area contributed by atoms with Crippen molar-refractivity contribution in [2.45, 2.75) is 19.3 Å².